The van der Waals surface area contributed by atoms with E-state index in [1.807, 2.05) is 0 Å². The van der Waals surface area contributed by atoms with Gasteiger partial charge < -0.3 is 37.2 Å². The van der Waals surface area contributed by atoms with Crippen molar-refractivity contribution in [3.05, 3.63) is 23.8 Å². The Morgan fingerprint density at radius 2 is 1.92 bits per heavy atom. The summed E-state index contributed by atoms with van der Waals surface area (Å²) in [4.78, 5) is 0. The number of allylic oxidation sites excluding steroid dienone is 4. The number of unbranched alkanes of at least 4 members (excludes halogenated alkanes) is 1. The van der Waals surface area contributed by atoms with Crippen LogP contribution in [0.25, 0.3) is 0 Å². The molecule has 0 unspecified atom stereocenters. The SMILES string of the molecule is CCCCC1=[C-]CC=C1.[Cl-].[Cl-].[Cl-].[Hf+4]. The van der Waals surface area contributed by atoms with E-state index < -0.39 is 0 Å². The maximum absolute atomic E-state index is 3.30. The van der Waals surface area contributed by atoms with Crippen LogP contribution in [0.2, 0.25) is 0 Å². The van der Waals surface area contributed by atoms with Crippen molar-refractivity contribution in [1.29, 1.82) is 0 Å². The molecule has 0 aromatic carbocycles. The van der Waals surface area contributed by atoms with Crippen LogP contribution in [-0.4, -0.2) is 0 Å². The number of hydrogen-bond donors (Lipinski definition) is 0. The summed E-state index contributed by atoms with van der Waals surface area (Å²) < 4.78 is 0. The molecule has 0 saturated carbocycles. The molecule has 0 nitrogen and oxygen atoms in total. The number of rotatable bonds is 3. The monoisotopic (exact) mass is 406 g/mol. The van der Waals surface area contributed by atoms with Gasteiger partial charge in [0, 0.05) is 0 Å². The van der Waals surface area contributed by atoms with Crippen LogP contribution in [0.1, 0.15) is 32.6 Å². The molecule has 0 radical (unpaired) electrons. The van der Waals surface area contributed by atoms with Crippen molar-refractivity contribution in [1.82, 2.24) is 0 Å². The summed E-state index contributed by atoms with van der Waals surface area (Å²) in [6.07, 6.45) is 12.5. The molecule has 1 rings (SSSR count). The van der Waals surface area contributed by atoms with Gasteiger partial charge in [0.05, 0.1) is 0 Å². The van der Waals surface area contributed by atoms with Gasteiger partial charge in [-0.15, -0.1) is 6.42 Å². The molecule has 0 bridgehead atoms. The Labute approximate surface area is 119 Å². The minimum Gasteiger partial charge on any atom is -1.00 e. The Balaban J connectivity index is -0.000000101. The fourth-order valence-corrected chi connectivity index (χ4v) is 0.989. The zero-order valence-corrected chi connectivity index (χ0v) is 13.5. The minimum absolute atomic E-state index is 0. The smallest absolute Gasteiger partial charge is 1.00 e. The Morgan fingerprint density at radius 1 is 1.31 bits per heavy atom. The van der Waals surface area contributed by atoms with Crippen LogP contribution < -0.4 is 37.2 Å². The van der Waals surface area contributed by atoms with Gasteiger partial charge in [-0.05, 0) is 0 Å². The molecule has 0 amide bonds. The van der Waals surface area contributed by atoms with Crippen molar-refractivity contribution in [2.24, 2.45) is 0 Å². The van der Waals surface area contributed by atoms with Gasteiger partial charge in [-0.1, -0.05) is 26.2 Å². The van der Waals surface area contributed by atoms with Crippen molar-refractivity contribution >= 4 is 0 Å². The summed E-state index contributed by atoms with van der Waals surface area (Å²) >= 11 is 0. The fourth-order valence-electron chi connectivity index (χ4n) is 0.989. The van der Waals surface area contributed by atoms with E-state index in [9.17, 15) is 0 Å². The van der Waals surface area contributed by atoms with E-state index in [0.29, 0.717) is 0 Å². The predicted molar refractivity (Wildman–Crippen MR) is 40.0 cm³/mol. The number of hydrogen-bond acceptors (Lipinski definition) is 0. The maximum atomic E-state index is 3.30. The average molecular weight is 406 g/mol. The second kappa shape index (κ2) is 15.7. The standard InChI is InChI=1S/C9H13.3ClH.Hf/c1-2-3-6-9-7-4-5-8-9;;;;/h4,7H,2-3,5-6H2,1H3;3*1H;/q-1;;;;+4/p-3. The molecule has 1 aliphatic rings. The average Bonchev–Trinajstić information content (AvgIpc) is 2.34. The van der Waals surface area contributed by atoms with Gasteiger partial charge in [0.25, 0.3) is 0 Å². The first kappa shape index (κ1) is 23.8. The molecule has 0 saturated heterocycles. The van der Waals surface area contributed by atoms with E-state index in [4.69, 9.17) is 0 Å². The van der Waals surface area contributed by atoms with Crippen LogP contribution in [0.4, 0.5) is 0 Å². The summed E-state index contributed by atoms with van der Waals surface area (Å²) in [6.45, 7) is 2.22. The van der Waals surface area contributed by atoms with E-state index in [1.54, 1.807) is 0 Å². The molecular weight excluding hydrogens is 393 g/mol. The van der Waals surface area contributed by atoms with Crippen molar-refractivity contribution < 1.29 is 63.1 Å². The van der Waals surface area contributed by atoms with Crippen LogP contribution in [0.3, 0.4) is 0 Å². The zero-order valence-electron chi connectivity index (χ0n) is 7.62. The van der Waals surface area contributed by atoms with Gasteiger partial charge in [0.1, 0.15) is 0 Å². The normalized spacial score (nSPS) is 11.3. The van der Waals surface area contributed by atoms with Crippen molar-refractivity contribution in [2.75, 3.05) is 0 Å². The first-order valence-electron chi connectivity index (χ1n) is 3.69. The Kier molecular flexibility index (Phi) is 28.7. The molecule has 0 aromatic rings. The first-order chi connectivity index (χ1) is 4.43. The molecule has 0 atom stereocenters. The molecule has 13 heavy (non-hydrogen) atoms. The topological polar surface area (TPSA) is 0 Å². The Morgan fingerprint density at radius 3 is 2.31 bits per heavy atom. The molecule has 0 heterocycles. The molecule has 74 valence electrons. The molecule has 4 heteroatoms. The predicted octanol–water partition coefficient (Wildman–Crippen LogP) is -6.12. The Hall–Kier alpha value is 1.22. The van der Waals surface area contributed by atoms with Gasteiger partial charge in [0.15, 0.2) is 0 Å². The Bertz CT molecular complexity index is 144. The maximum Gasteiger partial charge on any atom is 4.00 e. The third-order valence-corrected chi connectivity index (χ3v) is 1.57. The summed E-state index contributed by atoms with van der Waals surface area (Å²) in [6, 6.07) is 0. The molecule has 0 fully saturated rings. The molecular formula is C9H13Cl3Hf. The van der Waals surface area contributed by atoms with Crippen LogP contribution in [0.15, 0.2) is 17.7 Å². The minimum atomic E-state index is 0. The summed E-state index contributed by atoms with van der Waals surface area (Å²) in [7, 11) is 0. The van der Waals surface area contributed by atoms with Gasteiger partial charge in [0.2, 0.25) is 0 Å². The fraction of sp³-hybridized carbons (Fsp3) is 0.556. The molecule has 0 N–H and O–H groups in total. The van der Waals surface area contributed by atoms with Crippen LogP contribution in [0, 0.1) is 6.08 Å². The van der Waals surface area contributed by atoms with Crippen LogP contribution >= 0.6 is 0 Å². The van der Waals surface area contributed by atoms with Gasteiger partial charge in [-0.25, -0.2) is 11.6 Å². The number of halogens is 3. The second-order valence-corrected chi connectivity index (χ2v) is 2.41. The van der Waals surface area contributed by atoms with E-state index in [0.717, 1.165) is 6.42 Å². The van der Waals surface area contributed by atoms with Crippen LogP contribution in [-0.2, 0) is 25.8 Å². The van der Waals surface area contributed by atoms with Crippen molar-refractivity contribution in [3.8, 4) is 0 Å². The van der Waals surface area contributed by atoms with E-state index in [2.05, 4.69) is 25.2 Å². The quantitative estimate of drug-likeness (QED) is 0.324. The molecule has 0 spiro atoms. The summed E-state index contributed by atoms with van der Waals surface area (Å²) in [5.74, 6) is 0. The molecule has 0 aromatic heterocycles. The summed E-state index contributed by atoms with van der Waals surface area (Å²) in [5.41, 5.74) is 1.41. The van der Waals surface area contributed by atoms with E-state index in [1.165, 1.54) is 24.8 Å². The van der Waals surface area contributed by atoms with E-state index in [-0.39, 0.29) is 63.1 Å². The molecule has 0 aliphatic heterocycles. The van der Waals surface area contributed by atoms with Gasteiger partial charge in [-0.2, -0.15) is 6.08 Å². The third-order valence-electron chi connectivity index (χ3n) is 1.57. The summed E-state index contributed by atoms with van der Waals surface area (Å²) in [5, 5.41) is 0. The second-order valence-electron chi connectivity index (χ2n) is 2.41. The van der Waals surface area contributed by atoms with Crippen LogP contribution in [0.5, 0.6) is 0 Å². The van der Waals surface area contributed by atoms with Crippen molar-refractivity contribution in [2.45, 2.75) is 32.6 Å². The molecule has 1 aliphatic carbocycles. The largest absolute Gasteiger partial charge is 4.00 e. The van der Waals surface area contributed by atoms with Crippen molar-refractivity contribution in [3.63, 3.8) is 0 Å². The van der Waals surface area contributed by atoms with E-state index >= 15 is 0 Å². The third kappa shape index (κ3) is 11.1. The first-order valence-corrected chi connectivity index (χ1v) is 3.69. The van der Waals surface area contributed by atoms with Gasteiger partial charge in [-0.3, -0.25) is 6.08 Å². The zero-order chi connectivity index (χ0) is 6.53. The van der Waals surface area contributed by atoms with Gasteiger partial charge >= 0.3 is 25.8 Å².